The summed E-state index contributed by atoms with van der Waals surface area (Å²) < 4.78 is 10.7. The summed E-state index contributed by atoms with van der Waals surface area (Å²) in [5.41, 5.74) is -1.02. The third-order valence-electron chi connectivity index (χ3n) is 3.15. The van der Waals surface area contributed by atoms with Gasteiger partial charge in [-0.1, -0.05) is 0 Å². The van der Waals surface area contributed by atoms with Crippen LogP contribution in [0.15, 0.2) is 0 Å². The zero-order chi connectivity index (χ0) is 13.6. The molecule has 0 radical (unpaired) electrons. The van der Waals surface area contributed by atoms with Gasteiger partial charge >= 0.3 is 35.7 Å². The number of carboxylic acids is 1. The predicted molar refractivity (Wildman–Crippen MR) is 59.6 cm³/mol. The van der Waals surface area contributed by atoms with Crippen molar-refractivity contribution in [3.05, 3.63) is 0 Å². The Balaban J connectivity index is 0.00000180. The summed E-state index contributed by atoms with van der Waals surface area (Å²) in [5, 5.41) is 10.7. The molecule has 2 fully saturated rings. The van der Waals surface area contributed by atoms with Gasteiger partial charge in [0.25, 0.3) is 0 Å². The number of aliphatic carboxylic acids is 1. The number of carbonyl (C=O) groups excluding carboxylic acids is 2. The Kier molecular flexibility index (Phi) is 4.93. The van der Waals surface area contributed by atoms with E-state index in [2.05, 4.69) is 0 Å². The average molecular weight is 279 g/mol. The third kappa shape index (κ3) is 3.84. The van der Waals surface area contributed by atoms with Crippen LogP contribution >= 0.6 is 0 Å². The van der Waals surface area contributed by atoms with E-state index in [0.717, 1.165) is 0 Å². The molecular formula is C12H18NNaO5. The van der Waals surface area contributed by atoms with Crippen molar-refractivity contribution in [1.82, 2.24) is 4.90 Å². The Hall–Kier alpha value is -0.300. The maximum atomic E-state index is 11.7. The van der Waals surface area contributed by atoms with Crippen molar-refractivity contribution in [2.24, 2.45) is 5.92 Å². The average Bonchev–Trinajstić information content (AvgIpc) is 2.56. The van der Waals surface area contributed by atoms with Gasteiger partial charge in [-0.15, -0.1) is 0 Å². The van der Waals surface area contributed by atoms with Crippen molar-refractivity contribution in [2.45, 2.75) is 38.4 Å². The van der Waals surface area contributed by atoms with Crippen molar-refractivity contribution in [1.29, 1.82) is 0 Å². The van der Waals surface area contributed by atoms with Crippen molar-refractivity contribution in [3.8, 4) is 0 Å². The van der Waals surface area contributed by atoms with E-state index < -0.39 is 23.1 Å². The zero-order valence-corrected chi connectivity index (χ0v) is 13.9. The summed E-state index contributed by atoms with van der Waals surface area (Å²) in [4.78, 5) is 24.0. The van der Waals surface area contributed by atoms with Crippen molar-refractivity contribution in [2.75, 3.05) is 19.7 Å². The molecule has 2 rings (SSSR count). The molecule has 6 nitrogen and oxygen atoms in total. The van der Waals surface area contributed by atoms with Crippen molar-refractivity contribution < 1.29 is 53.7 Å². The second kappa shape index (κ2) is 5.60. The van der Waals surface area contributed by atoms with Gasteiger partial charge in [-0.2, -0.15) is 0 Å². The first-order valence-electron chi connectivity index (χ1n) is 6.04. The van der Waals surface area contributed by atoms with Gasteiger partial charge in [-0.05, 0) is 27.2 Å². The Bertz CT molecular complexity index is 373. The summed E-state index contributed by atoms with van der Waals surface area (Å²) in [5.74, 6) is -1.65. The summed E-state index contributed by atoms with van der Waals surface area (Å²) in [6.45, 7) is 6.37. The Labute approximate surface area is 134 Å². The quantitative estimate of drug-likeness (QED) is 0.472. The SMILES string of the molecule is CC(C)(C)OC(=O)N1CC2(CC(C(=O)[O-])CO2)C1.[Na+]. The van der Waals surface area contributed by atoms with Gasteiger partial charge in [0.05, 0.1) is 19.7 Å². The normalized spacial score (nSPS) is 24.6. The second-order valence-electron chi connectivity index (χ2n) is 6.05. The zero-order valence-electron chi connectivity index (χ0n) is 11.9. The van der Waals surface area contributed by atoms with Gasteiger partial charge in [-0.3, -0.25) is 0 Å². The molecule has 2 aliphatic rings. The van der Waals surface area contributed by atoms with Crippen LogP contribution in [0.3, 0.4) is 0 Å². The molecular weight excluding hydrogens is 261 g/mol. The summed E-state index contributed by atoms with van der Waals surface area (Å²) in [7, 11) is 0. The predicted octanol–water partition coefficient (Wildman–Crippen LogP) is -3.23. The van der Waals surface area contributed by atoms with Gasteiger partial charge in [0.1, 0.15) is 11.2 Å². The van der Waals surface area contributed by atoms with Gasteiger partial charge in [0.15, 0.2) is 0 Å². The van der Waals surface area contributed by atoms with Crippen LogP contribution < -0.4 is 34.7 Å². The molecule has 0 saturated carbocycles. The number of hydrogen-bond donors (Lipinski definition) is 0. The van der Waals surface area contributed by atoms with Gasteiger partial charge < -0.3 is 24.3 Å². The first-order valence-corrected chi connectivity index (χ1v) is 6.04. The van der Waals surface area contributed by atoms with Crippen LogP contribution in [-0.2, 0) is 14.3 Å². The summed E-state index contributed by atoms with van der Waals surface area (Å²) in [6.07, 6.45) is 0.0304. The number of amides is 1. The van der Waals surface area contributed by atoms with Crippen molar-refractivity contribution in [3.63, 3.8) is 0 Å². The number of carbonyl (C=O) groups is 2. The summed E-state index contributed by atoms with van der Waals surface area (Å²) in [6, 6.07) is 0. The molecule has 1 unspecified atom stereocenters. The fraction of sp³-hybridized carbons (Fsp3) is 0.833. The molecule has 2 aliphatic heterocycles. The first kappa shape index (κ1) is 16.8. The molecule has 7 heteroatoms. The van der Waals surface area contributed by atoms with E-state index in [1.54, 1.807) is 20.8 Å². The largest absolute Gasteiger partial charge is 1.00 e. The Morgan fingerprint density at radius 1 is 1.37 bits per heavy atom. The van der Waals surface area contributed by atoms with Gasteiger partial charge in [-0.25, -0.2) is 4.79 Å². The van der Waals surface area contributed by atoms with E-state index >= 15 is 0 Å². The van der Waals surface area contributed by atoms with Crippen LogP contribution in [0.4, 0.5) is 4.79 Å². The third-order valence-corrected chi connectivity index (χ3v) is 3.15. The minimum atomic E-state index is -1.08. The molecule has 1 atom stereocenters. The van der Waals surface area contributed by atoms with E-state index in [1.165, 1.54) is 4.90 Å². The maximum Gasteiger partial charge on any atom is 1.00 e. The number of ether oxygens (including phenoxy) is 2. The van der Waals surface area contributed by atoms with E-state index in [4.69, 9.17) is 9.47 Å². The number of nitrogens with zero attached hydrogens (tertiary/aromatic N) is 1. The van der Waals surface area contributed by atoms with Crippen molar-refractivity contribution >= 4 is 12.1 Å². The van der Waals surface area contributed by atoms with Crippen LogP contribution in [0.25, 0.3) is 0 Å². The molecule has 2 heterocycles. The van der Waals surface area contributed by atoms with Crippen LogP contribution in [0, 0.1) is 5.92 Å². The molecule has 1 spiro atoms. The van der Waals surface area contributed by atoms with Crippen LogP contribution in [0.5, 0.6) is 0 Å². The van der Waals surface area contributed by atoms with E-state index in [-0.39, 0.29) is 42.3 Å². The number of rotatable bonds is 1. The smallest absolute Gasteiger partial charge is 0.550 e. The molecule has 19 heavy (non-hydrogen) atoms. The molecule has 1 amide bonds. The first-order chi connectivity index (χ1) is 8.21. The molecule has 0 aliphatic carbocycles. The minimum absolute atomic E-state index is 0. The monoisotopic (exact) mass is 279 g/mol. The summed E-state index contributed by atoms with van der Waals surface area (Å²) >= 11 is 0. The molecule has 0 aromatic heterocycles. The number of likely N-dealkylation sites (tertiary alicyclic amines) is 1. The molecule has 102 valence electrons. The van der Waals surface area contributed by atoms with Crippen LogP contribution in [0.1, 0.15) is 27.2 Å². The minimum Gasteiger partial charge on any atom is -0.550 e. The van der Waals surface area contributed by atoms with Gasteiger partial charge in [0.2, 0.25) is 0 Å². The fourth-order valence-electron chi connectivity index (χ4n) is 2.32. The Morgan fingerprint density at radius 2 is 1.95 bits per heavy atom. The van der Waals surface area contributed by atoms with E-state index in [0.29, 0.717) is 19.5 Å². The molecule has 0 N–H and O–H groups in total. The molecule has 0 bridgehead atoms. The standard InChI is InChI=1S/C12H19NO5.Na/c1-11(2,3)18-10(16)13-6-12(7-13)4-8(5-17-12)9(14)15;/h8H,4-7H2,1-3H3,(H,14,15);/q;+1/p-1. The molecule has 0 aromatic rings. The van der Waals surface area contributed by atoms with Gasteiger partial charge in [0, 0.05) is 11.9 Å². The van der Waals surface area contributed by atoms with Crippen LogP contribution in [0.2, 0.25) is 0 Å². The molecule has 0 aromatic carbocycles. The number of carboxylic acid groups (broad SMARTS) is 1. The fourth-order valence-corrected chi connectivity index (χ4v) is 2.32. The number of hydrogen-bond acceptors (Lipinski definition) is 5. The second-order valence-corrected chi connectivity index (χ2v) is 6.05. The topological polar surface area (TPSA) is 78.9 Å². The van der Waals surface area contributed by atoms with Crippen LogP contribution in [-0.4, -0.2) is 47.9 Å². The van der Waals surface area contributed by atoms with E-state index in [1.807, 2.05) is 0 Å². The molecule has 2 saturated heterocycles. The maximum absolute atomic E-state index is 11.7. The Morgan fingerprint density at radius 3 is 2.37 bits per heavy atom. The van der Waals surface area contributed by atoms with E-state index in [9.17, 15) is 14.7 Å².